The van der Waals surface area contributed by atoms with Gasteiger partial charge in [-0.2, -0.15) is 19.0 Å². The second-order valence-corrected chi connectivity index (χ2v) is 17.3. The Morgan fingerprint density at radius 1 is 1.08 bits per heavy atom. The minimum absolute atomic E-state index is 0.0581. The molecule has 12 nitrogen and oxygen atoms in total. The maximum Gasteiger partial charge on any atom is 0.290 e. The molecule has 0 aliphatic heterocycles. The number of amides is 1. The fraction of sp³-hybridized carbons (Fsp3) is 0.325. The molecule has 7 rings (SSSR count). The van der Waals surface area contributed by atoms with E-state index < -0.39 is 81.6 Å². The van der Waals surface area contributed by atoms with Gasteiger partial charge in [0.05, 0.1) is 39.3 Å². The topological polar surface area (TPSA) is 152 Å². The van der Waals surface area contributed by atoms with Crippen LogP contribution in [0.3, 0.4) is 0 Å². The molecular weight excluding hydrogens is 836 g/mol. The number of aromatic nitrogens is 7. The number of sulfonamides is 1. The van der Waals surface area contributed by atoms with Crippen molar-refractivity contribution in [3.8, 4) is 23.0 Å². The third-order valence-electron chi connectivity index (χ3n) is 9.97. The lowest BCUT2D eigenvalue weighted by Crippen LogP contribution is -2.35. The number of hydrogen-bond acceptors (Lipinski definition) is 7. The second-order valence-electron chi connectivity index (χ2n) is 15.1. The summed E-state index contributed by atoms with van der Waals surface area (Å²) in [5, 5.41) is 11.2. The van der Waals surface area contributed by atoms with Crippen LogP contribution in [0.4, 0.5) is 32.2 Å². The Hall–Kier alpha value is -5.87. The van der Waals surface area contributed by atoms with Gasteiger partial charge in [-0.05, 0) is 68.0 Å². The van der Waals surface area contributed by atoms with E-state index in [0.717, 1.165) is 18.4 Å². The molecule has 20 heteroatoms. The quantitative estimate of drug-likeness (QED) is 0.0887. The van der Waals surface area contributed by atoms with Crippen LogP contribution in [0.5, 0.6) is 0 Å². The van der Waals surface area contributed by atoms with Crippen LogP contribution in [0.15, 0.2) is 54.9 Å². The first-order valence-electron chi connectivity index (χ1n) is 18.3. The first-order chi connectivity index (χ1) is 28.1. The van der Waals surface area contributed by atoms with E-state index in [9.17, 15) is 30.8 Å². The van der Waals surface area contributed by atoms with E-state index in [1.807, 2.05) is 13.8 Å². The van der Waals surface area contributed by atoms with Crippen molar-refractivity contribution in [3.05, 3.63) is 111 Å². The second kappa shape index (κ2) is 15.6. The summed E-state index contributed by atoms with van der Waals surface area (Å²) in [5.41, 5.74) is -1.50. The van der Waals surface area contributed by atoms with Crippen molar-refractivity contribution in [2.75, 3.05) is 11.0 Å². The molecule has 0 saturated carbocycles. The van der Waals surface area contributed by atoms with Crippen molar-refractivity contribution in [3.63, 3.8) is 0 Å². The Morgan fingerprint density at radius 3 is 2.43 bits per heavy atom. The van der Waals surface area contributed by atoms with Crippen molar-refractivity contribution < 1.29 is 39.6 Å². The van der Waals surface area contributed by atoms with Gasteiger partial charge in [-0.3, -0.25) is 18.9 Å². The molecule has 2 atom stereocenters. The minimum atomic E-state index is -3.83. The number of rotatable bonds is 11. The van der Waals surface area contributed by atoms with Gasteiger partial charge in [0.1, 0.15) is 41.1 Å². The molecule has 314 valence electrons. The largest absolute Gasteiger partial charge is 0.347 e. The number of nitrogens with one attached hydrogen (secondary N) is 3. The lowest BCUT2D eigenvalue weighted by Gasteiger charge is -2.23. The number of hydrogen-bond donors (Lipinski definition) is 3. The van der Waals surface area contributed by atoms with Crippen LogP contribution >= 0.6 is 11.6 Å². The SMILES string of the molecule is C[C@H]1CC(F)(F)c2c1c(C(F)F)nn2CC(=O)N[C@@H](Cc1cc(F)cc(F)c1)c1nc(C#CC(C)(C)c2ncc[nH]2)ccc1-c1ccc(Cl)c2c(NS(C)(=O)=O)nn(C)c12. The van der Waals surface area contributed by atoms with Crippen molar-refractivity contribution in [2.24, 2.45) is 7.05 Å². The van der Waals surface area contributed by atoms with E-state index in [2.05, 4.69) is 42.0 Å². The molecular formula is C40H36ClF6N9O3S. The van der Waals surface area contributed by atoms with Crippen molar-refractivity contribution >= 4 is 44.3 Å². The van der Waals surface area contributed by atoms with Gasteiger partial charge in [-0.15, -0.1) is 0 Å². The highest BCUT2D eigenvalue weighted by atomic mass is 35.5. The van der Waals surface area contributed by atoms with Gasteiger partial charge in [-0.1, -0.05) is 30.5 Å². The molecule has 1 aliphatic rings. The number of carbonyl (C=O) groups is 1. The number of alkyl halides is 4. The number of nitrogens with zero attached hydrogens (tertiary/aromatic N) is 6. The van der Waals surface area contributed by atoms with E-state index in [1.165, 1.54) is 17.7 Å². The molecule has 0 radical (unpaired) electrons. The van der Waals surface area contributed by atoms with Gasteiger partial charge in [0.15, 0.2) is 5.82 Å². The highest BCUT2D eigenvalue weighted by Gasteiger charge is 2.50. The smallest absolute Gasteiger partial charge is 0.290 e. The molecule has 2 aromatic carbocycles. The molecule has 0 bridgehead atoms. The Bertz CT molecular complexity index is 2810. The summed E-state index contributed by atoms with van der Waals surface area (Å²) in [6.07, 6.45) is -0.122. The Balaban J connectivity index is 1.41. The molecule has 4 heterocycles. The number of H-pyrrole nitrogens is 1. The van der Waals surface area contributed by atoms with Crippen LogP contribution in [0.2, 0.25) is 5.02 Å². The summed E-state index contributed by atoms with van der Waals surface area (Å²) < 4.78 is 117. The molecule has 3 N–H and O–H groups in total. The minimum Gasteiger partial charge on any atom is -0.347 e. The number of aryl methyl sites for hydroxylation is 1. The molecule has 0 fully saturated rings. The fourth-order valence-electron chi connectivity index (χ4n) is 7.55. The third kappa shape index (κ3) is 8.43. The molecule has 4 aromatic heterocycles. The van der Waals surface area contributed by atoms with E-state index in [0.29, 0.717) is 33.2 Å². The average molecular weight is 872 g/mol. The summed E-state index contributed by atoms with van der Waals surface area (Å²) in [5.74, 6) is -0.716. The number of aromatic amines is 1. The van der Waals surface area contributed by atoms with Crippen LogP contribution in [-0.4, -0.2) is 55.1 Å². The lowest BCUT2D eigenvalue weighted by molar-refractivity contribution is -0.122. The van der Waals surface area contributed by atoms with E-state index in [1.54, 1.807) is 37.6 Å². The Labute approximate surface area is 344 Å². The van der Waals surface area contributed by atoms with Gasteiger partial charge < -0.3 is 10.3 Å². The molecule has 0 saturated heterocycles. The van der Waals surface area contributed by atoms with Crippen molar-refractivity contribution in [1.29, 1.82) is 0 Å². The van der Waals surface area contributed by atoms with Crippen LogP contribution < -0.4 is 10.0 Å². The first kappa shape index (κ1) is 42.3. The van der Waals surface area contributed by atoms with Gasteiger partial charge >= 0.3 is 0 Å². The van der Waals surface area contributed by atoms with Gasteiger partial charge in [0.2, 0.25) is 15.9 Å². The number of fused-ring (bicyclic) bond motifs is 2. The number of anilines is 1. The first-order valence-corrected chi connectivity index (χ1v) is 20.6. The van der Waals surface area contributed by atoms with E-state index >= 15 is 8.78 Å². The van der Waals surface area contributed by atoms with Crippen LogP contribution in [0.25, 0.3) is 22.0 Å². The fourth-order valence-corrected chi connectivity index (χ4v) is 8.28. The Kier molecular flexibility index (Phi) is 11.0. The normalized spacial score (nSPS) is 15.5. The maximum atomic E-state index is 15.3. The zero-order chi connectivity index (χ0) is 43.5. The molecule has 6 aromatic rings. The highest BCUT2D eigenvalue weighted by molar-refractivity contribution is 7.92. The van der Waals surface area contributed by atoms with Crippen LogP contribution in [0, 0.1) is 23.5 Å². The predicted octanol–water partition coefficient (Wildman–Crippen LogP) is 7.82. The standard InChI is InChI=1S/C40H36ClF6N9O3S/c1-20-18-40(46,47)35-30(20)33(36(44)45)52-56(35)19-29(57)51-28(16-21-14-22(42)17-23(43)15-21)32-25(7-6-24(50-32)10-11-39(2,3)38-48-12-13-49-38)26-8-9-27(41)31-34(26)55(4)53-37(31)54-60(5,58)59/h6-9,12-15,17,20,28,36H,16,18-19H2,1-5H3,(H,48,49)(H,51,57)(H,53,54)/t20-,28-/m0/s1. The summed E-state index contributed by atoms with van der Waals surface area (Å²) in [7, 11) is -2.29. The summed E-state index contributed by atoms with van der Waals surface area (Å²) in [4.78, 5) is 26.2. The molecule has 60 heavy (non-hydrogen) atoms. The average Bonchev–Trinajstić information content (AvgIpc) is 3.92. The summed E-state index contributed by atoms with van der Waals surface area (Å²) in [6, 6.07) is 7.73. The highest BCUT2D eigenvalue weighted by Crippen LogP contribution is 2.51. The number of benzene rings is 2. The molecule has 0 unspecified atom stereocenters. The molecule has 1 aliphatic carbocycles. The van der Waals surface area contributed by atoms with E-state index in [-0.39, 0.29) is 45.2 Å². The lowest BCUT2D eigenvalue weighted by atomic mass is 9.92. The number of carbonyl (C=O) groups excluding carboxylic acids is 1. The molecule has 1 amide bonds. The monoisotopic (exact) mass is 871 g/mol. The van der Waals surface area contributed by atoms with Crippen LogP contribution in [-0.2, 0) is 46.2 Å². The van der Waals surface area contributed by atoms with Gasteiger partial charge in [-0.25, -0.2) is 35.9 Å². The van der Waals surface area contributed by atoms with Gasteiger partial charge in [0, 0.05) is 48.6 Å². The predicted molar refractivity (Wildman–Crippen MR) is 211 cm³/mol. The summed E-state index contributed by atoms with van der Waals surface area (Å²) in [6.45, 7) is 4.09. The van der Waals surface area contributed by atoms with E-state index in [4.69, 9.17) is 16.6 Å². The third-order valence-corrected chi connectivity index (χ3v) is 10.9. The van der Waals surface area contributed by atoms with Crippen molar-refractivity contribution in [2.45, 2.75) is 69.9 Å². The number of halogens is 7. The number of imidazole rings is 1. The number of pyridine rings is 1. The summed E-state index contributed by atoms with van der Waals surface area (Å²) >= 11 is 6.62. The van der Waals surface area contributed by atoms with Crippen LogP contribution in [0.1, 0.15) is 85.3 Å². The zero-order valence-electron chi connectivity index (χ0n) is 32.5. The Morgan fingerprint density at radius 2 is 1.78 bits per heavy atom. The zero-order valence-corrected chi connectivity index (χ0v) is 34.1. The van der Waals surface area contributed by atoms with Crippen molar-refractivity contribution in [1.82, 2.24) is 39.8 Å². The molecule has 0 spiro atoms. The van der Waals surface area contributed by atoms with Gasteiger partial charge in [0.25, 0.3) is 12.3 Å². The maximum absolute atomic E-state index is 15.3.